The molecular weight excluding hydrogens is 282 g/mol. The average Bonchev–Trinajstić information content (AvgIpc) is 2.95. The van der Waals surface area contributed by atoms with Crippen LogP contribution in [0.2, 0.25) is 0 Å². The van der Waals surface area contributed by atoms with E-state index in [1.54, 1.807) is 13.3 Å². The van der Waals surface area contributed by atoms with Gasteiger partial charge in [-0.2, -0.15) is 0 Å². The van der Waals surface area contributed by atoms with Crippen molar-refractivity contribution in [2.45, 2.75) is 31.4 Å². The van der Waals surface area contributed by atoms with Crippen LogP contribution in [0, 0.1) is 0 Å². The molecule has 110 valence electrons. The molecule has 2 aromatic rings. The number of hydrogen-bond donors (Lipinski definition) is 2. The van der Waals surface area contributed by atoms with Crippen LogP contribution in [0.1, 0.15) is 24.8 Å². The molecule has 2 unspecified atom stereocenters. The van der Waals surface area contributed by atoms with E-state index in [1.807, 2.05) is 18.2 Å². The van der Waals surface area contributed by atoms with Gasteiger partial charge in [-0.1, -0.05) is 30.4 Å². The molecule has 1 aromatic heterocycles. The number of methoxy groups -OCH3 is 1. The van der Waals surface area contributed by atoms with Gasteiger partial charge < -0.3 is 15.8 Å². The van der Waals surface area contributed by atoms with Crippen LogP contribution >= 0.6 is 12.2 Å². The number of fused-ring (bicyclic) bond motifs is 1. The number of benzene rings is 1. The molecule has 1 fully saturated rings. The Bertz CT molecular complexity index is 674. The molecule has 3 N–H and O–H groups in total. The van der Waals surface area contributed by atoms with Gasteiger partial charge in [0.2, 0.25) is 0 Å². The molecule has 1 heterocycles. The monoisotopic (exact) mass is 301 g/mol. The predicted molar refractivity (Wildman–Crippen MR) is 89.7 cm³/mol. The first kappa shape index (κ1) is 14.2. The maximum atomic E-state index is 5.86. The Kier molecular flexibility index (Phi) is 4.03. The van der Waals surface area contributed by atoms with E-state index in [-0.39, 0.29) is 0 Å². The van der Waals surface area contributed by atoms with Gasteiger partial charge in [0.1, 0.15) is 4.99 Å². The lowest BCUT2D eigenvalue weighted by Gasteiger charge is -2.19. The van der Waals surface area contributed by atoms with Crippen molar-refractivity contribution in [3.63, 3.8) is 0 Å². The van der Waals surface area contributed by atoms with Crippen molar-refractivity contribution >= 4 is 33.8 Å². The minimum Gasteiger partial charge on any atom is -0.389 e. The maximum Gasteiger partial charge on any atom is 0.107 e. The summed E-state index contributed by atoms with van der Waals surface area (Å²) in [5, 5.41) is 4.67. The van der Waals surface area contributed by atoms with Gasteiger partial charge in [-0.15, -0.1) is 0 Å². The van der Waals surface area contributed by atoms with E-state index in [4.69, 9.17) is 22.7 Å². The molecule has 3 rings (SSSR count). The molecule has 0 amide bonds. The SMILES string of the molecule is COC1CCC(Nc2c(C(N)=S)cnc3ccccc23)C1. The second-order valence-electron chi connectivity index (χ2n) is 5.44. The highest BCUT2D eigenvalue weighted by Crippen LogP contribution is 2.30. The summed E-state index contributed by atoms with van der Waals surface area (Å²) in [5.74, 6) is 0. The number of aromatic nitrogens is 1. The van der Waals surface area contributed by atoms with Gasteiger partial charge in [-0.25, -0.2) is 0 Å². The zero-order valence-electron chi connectivity index (χ0n) is 12.0. The summed E-state index contributed by atoms with van der Waals surface area (Å²) in [6.45, 7) is 0. The summed E-state index contributed by atoms with van der Waals surface area (Å²) < 4.78 is 5.44. The van der Waals surface area contributed by atoms with E-state index in [0.29, 0.717) is 17.1 Å². The maximum absolute atomic E-state index is 5.86. The van der Waals surface area contributed by atoms with Crippen LogP contribution < -0.4 is 11.1 Å². The van der Waals surface area contributed by atoms with Crippen molar-refractivity contribution < 1.29 is 4.74 Å². The molecule has 2 atom stereocenters. The van der Waals surface area contributed by atoms with Crippen LogP contribution in [-0.4, -0.2) is 29.2 Å². The lowest BCUT2D eigenvalue weighted by atomic mass is 10.1. The lowest BCUT2D eigenvalue weighted by molar-refractivity contribution is 0.108. The molecule has 0 saturated heterocycles. The lowest BCUT2D eigenvalue weighted by Crippen LogP contribution is -2.21. The number of nitrogens with two attached hydrogens (primary N) is 1. The van der Waals surface area contributed by atoms with Gasteiger partial charge in [0.25, 0.3) is 0 Å². The largest absolute Gasteiger partial charge is 0.389 e. The van der Waals surface area contributed by atoms with Gasteiger partial charge in [-0.3, -0.25) is 4.98 Å². The van der Waals surface area contributed by atoms with Crippen LogP contribution in [0.5, 0.6) is 0 Å². The highest BCUT2D eigenvalue weighted by molar-refractivity contribution is 7.80. The summed E-state index contributed by atoms with van der Waals surface area (Å²) in [7, 11) is 1.77. The van der Waals surface area contributed by atoms with E-state index < -0.39 is 0 Å². The van der Waals surface area contributed by atoms with E-state index >= 15 is 0 Å². The van der Waals surface area contributed by atoms with Gasteiger partial charge >= 0.3 is 0 Å². The minimum atomic E-state index is 0.337. The zero-order valence-corrected chi connectivity index (χ0v) is 12.8. The molecule has 1 aromatic carbocycles. The van der Waals surface area contributed by atoms with Crippen LogP contribution in [0.25, 0.3) is 10.9 Å². The number of nitrogens with one attached hydrogen (secondary N) is 1. The fourth-order valence-corrected chi connectivity index (χ4v) is 3.13. The van der Waals surface area contributed by atoms with Crippen molar-refractivity contribution in [3.8, 4) is 0 Å². The van der Waals surface area contributed by atoms with Crippen LogP contribution in [0.4, 0.5) is 5.69 Å². The Morgan fingerprint density at radius 2 is 2.19 bits per heavy atom. The summed E-state index contributed by atoms with van der Waals surface area (Å²) in [6, 6.07) is 8.42. The third kappa shape index (κ3) is 2.84. The number of para-hydroxylation sites is 1. The molecule has 21 heavy (non-hydrogen) atoms. The molecule has 4 nitrogen and oxygen atoms in total. The Balaban J connectivity index is 1.99. The Labute approximate surface area is 129 Å². The van der Waals surface area contributed by atoms with E-state index in [0.717, 1.165) is 41.4 Å². The number of ether oxygens (including phenoxy) is 1. The molecule has 0 bridgehead atoms. The first-order valence-electron chi connectivity index (χ1n) is 7.16. The Morgan fingerprint density at radius 3 is 2.90 bits per heavy atom. The molecule has 5 heteroatoms. The number of thiocarbonyl (C=S) groups is 1. The highest BCUT2D eigenvalue weighted by atomic mass is 32.1. The Morgan fingerprint density at radius 1 is 1.38 bits per heavy atom. The fraction of sp³-hybridized carbons (Fsp3) is 0.375. The summed E-state index contributed by atoms with van der Waals surface area (Å²) in [6.07, 6.45) is 5.27. The van der Waals surface area contributed by atoms with Crippen LogP contribution in [0.3, 0.4) is 0 Å². The van der Waals surface area contributed by atoms with Gasteiger partial charge in [0.05, 0.1) is 22.9 Å². The van der Waals surface area contributed by atoms with Crippen molar-refractivity contribution in [1.82, 2.24) is 4.98 Å². The van der Waals surface area contributed by atoms with Gasteiger partial charge in [0, 0.05) is 24.7 Å². The molecule has 1 aliphatic carbocycles. The van der Waals surface area contributed by atoms with Crippen molar-refractivity contribution in [2.75, 3.05) is 12.4 Å². The molecule has 0 spiro atoms. The van der Waals surface area contributed by atoms with Crippen LogP contribution in [-0.2, 0) is 4.74 Å². The first-order chi connectivity index (χ1) is 10.2. The number of hydrogen-bond acceptors (Lipinski definition) is 4. The van der Waals surface area contributed by atoms with E-state index in [9.17, 15) is 0 Å². The number of pyridine rings is 1. The van der Waals surface area contributed by atoms with Crippen molar-refractivity contribution in [1.29, 1.82) is 0 Å². The second-order valence-corrected chi connectivity index (χ2v) is 5.88. The first-order valence-corrected chi connectivity index (χ1v) is 7.56. The quantitative estimate of drug-likeness (QED) is 0.850. The van der Waals surface area contributed by atoms with Crippen LogP contribution in [0.15, 0.2) is 30.5 Å². The normalized spacial score (nSPS) is 21.6. The third-order valence-corrected chi connectivity index (χ3v) is 4.33. The molecule has 1 saturated carbocycles. The smallest absolute Gasteiger partial charge is 0.107 e. The fourth-order valence-electron chi connectivity index (χ4n) is 2.97. The minimum absolute atomic E-state index is 0.337. The number of nitrogens with zero attached hydrogens (tertiary/aromatic N) is 1. The Hall–Kier alpha value is -1.72. The number of rotatable bonds is 4. The summed E-state index contributed by atoms with van der Waals surface area (Å²) >= 11 is 5.17. The topological polar surface area (TPSA) is 60.2 Å². The number of anilines is 1. The van der Waals surface area contributed by atoms with Crippen molar-refractivity contribution in [2.24, 2.45) is 5.73 Å². The molecular formula is C16H19N3OS. The van der Waals surface area contributed by atoms with Gasteiger partial charge in [-0.05, 0) is 25.3 Å². The molecule has 0 radical (unpaired) electrons. The predicted octanol–water partition coefficient (Wildman–Crippen LogP) is 2.85. The van der Waals surface area contributed by atoms with E-state index in [2.05, 4.69) is 16.4 Å². The zero-order chi connectivity index (χ0) is 14.8. The van der Waals surface area contributed by atoms with Crippen molar-refractivity contribution in [3.05, 3.63) is 36.0 Å². The van der Waals surface area contributed by atoms with Gasteiger partial charge in [0.15, 0.2) is 0 Å². The molecule has 1 aliphatic rings. The average molecular weight is 301 g/mol. The van der Waals surface area contributed by atoms with E-state index in [1.165, 1.54) is 0 Å². The molecule has 0 aliphatic heterocycles. The third-order valence-electron chi connectivity index (χ3n) is 4.11. The standard InChI is InChI=1S/C16H19N3OS/c1-20-11-7-6-10(8-11)19-15-12-4-2-3-5-14(12)18-9-13(15)16(17)21/h2-5,9-11H,6-8H2,1H3,(H2,17,21)(H,18,19). The highest BCUT2D eigenvalue weighted by Gasteiger charge is 2.25. The summed E-state index contributed by atoms with van der Waals surface area (Å²) in [4.78, 5) is 4.81. The summed E-state index contributed by atoms with van der Waals surface area (Å²) in [5.41, 5.74) is 8.61. The second kappa shape index (κ2) is 5.95.